The maximum atomic E-state index is 5.36. The second kappa shape index (κ2) is 6.00. The molecule has 2 aromatic rings. The summed E-state index contributed by atoms with van der Waals surface area (Å²) in [6.45, 7) is 4.15. The van der Waals surface area contributed by atoms with Crippen LogP contribution < -0.4 is 5.32 Å². The second-order valence-electron chi connectivity index (χ2n) is 4.12. The molecule has 2 aromatic heterocycles. The van der Waals surface area contributed by atoms with Crippen LogP contribution in [0.1, 0.15) is 37.9 Å². The average molecular weight is 310 g/mol. The Kier molecular flexibility index (Phi) is 4.36. The quantitative estimate of drug-likeness (QED) is 0.849. The van der Waals surface area contributed by atoms with E-state index in [9.17, 15) is 0 Å². The Morgan fingerprint density at radius 1 is 1.44 bits per heavy atom. The SMILES string of the molecule is CCCc1nc(Br)cc(NC(C)c2ccco2)n1. The van der Waals surface area contributed by atoms with Crippen LogP contribution in [0.2, 0.25) is 0 Å². The van der Waals surface area contributed by atoms with Crippen molar-refractivity contribution < 1.29 is 4.42 Å². The summed E-state index contributed by atoms with van der Waals surface area (Å²) in [4.78, 5) is 8.82. The van der Waals surface area contributed by atoms with E-state index in [1.807, 2.05) is 25.1 Å². The molecule has 2 rings (SSSR count). The lowest BCUT2D eigenvalue weighted by molar-refractivity contribution is 0.490. The average Bonchev–Trinajstić information content (AvgIpc) is 2.81. The monoisotopic (exact) mass is 309 g/mol. The second-order valence-corrected chi connectivity index (χ2v) is 4.94. The first kappa shape index (κ1) is 13.1. The predicted molar refractivity (Wildman–Crippen MR) is 74.5 cm³/mol. The van der Waals surface area contributed by atoms with Crippen LogP contribution >= 0.6 is 15.9 Å². The molecule has 0 radical (unpaired) electrons. The Bertz CT molecular complexity index is 499. The van der Waals surface area contributed by atoms with Gasteiger partial charge in [-0.2, -0.15) is 0 Å². The molecule has 0 bridgehead atoms. The van der Waals surface area contributed by atoms with Crippen molar-refractivity contribution in [2.45, 2.75) is 32.7 Å². The van der Waals surface area contributed by atoms with Crippen LogP contribution in [0, 0.1) is 0 Å². The number of aromatic nitrogens is 2. The van der Waals surface area contributed by atoms with E-state index < -0.39 is 0 Å². The number of rotatable bonds is 5. The van der Waals surface area contributed by atoms with Gasteiger partial charge >= 0.3 is 0 Å². The fourth-order valence-electron chi connectivity index (χ4n) is 1.70. The largest absolute Gasteiger partial charge is 0.467 e. The number of aryl methyl sites for hydroxylation is 1. The molecule has 0 spiro atoms. The highest BCUT2D eigenvalue weighted by Crippen LogP contribution is 2.20. The molecular weight excluding hydrogens is 294 g/mol. The van der Waals surface area contributed by atoms with Gasteiger partial charge in [0, 0.05) is 12.5 Å². The van der Waals surface area contributed by atoms with Gasteiger partial charge in [0.05, 0.1) is 12.3 Å². The van der Waals surface area contributed by atoms with E-state index >= 15 is 0 Å². The summed E-state index contributed by atoms with van der Waals surface area (Å²) in [5, 5.41) is 3.31. The molecule has 0 aliphatic carbocycles. The van der Waals surface area contributed by atoms with E-state index in [0.29, 0.717) is 0 Å². The van der Waals surface area contributed by atoms with Crippen LogP contribution in [0.4, 0.5) is 5.82 Å². The molecule has 0 amide bonds. The maximum absolute atomic E-state index is 5.36. The van der Waals surface area contributed by atoms with Crippen molar-refractivity contribution >= 4 is 21.7 Å². The van der Waals surface area contributed by atoms with E-state index in [1.165, 1.54) is 0 Å². The molecule has 18 heavy (non-hydrogen) atoms. The maximum Gasteiger partial charge on any atom is 0.132 e. The summed E-state index contributed by atoms with van der Waals surface area (Å²) in [6.07, 6.45) is 3.58. The molecule has 4 nitrogen and oxygen atoms in total. The normalized spacial score (nSPS) is 12.4. The van der Waals surface area contributed by atoms with Crippen molar-refractivity contribution in [3.8, 4) is 0 Å². The van der Waals surface area contributed by atoms with Gasteiger partial charge < -0.3 is 9.73 Å². The molecule has 0 saturated carbocycles. The first-order valence-corrected chi connectivity index (χ1v) is 6.81. The van der Waals surface area contributed by atoms with Gasteiger partial charge in [-0.25, -0.2) is 9.97 Å². The Morgan fingerprint density at radius 2 is 2.28 bits per heavy atom. The summed E-state index contributed by atoms with van der Waals surface area (Å²) >= 11 is 3.41. The van der Waals surface area contributed by atoms with E-state index in [-0.39, 0.29) is 6.04 Å². The smallest absolute Gasteiger partial charge is 0.132 e. The van der Waals surface area contributed by atoms with Gasteiger partial charge in [-0.1, -0.05) is 6.92 Å². The molecule has 0 aliphatic rings. The highest BCUT2D eigenvalue weighted by atomic mass is 79.9. The molecule has 1 N–H and O–H groups in total. The van der Waals surface area contributed by atoms with Crippen LogP contribution in [0.5, 0.6) is 0 Å². The van der Waals surface area contributed by atoms with Gasteiger partial charge in [0.15, 0.2) is 0 Å². The van der Waals surface area contributed by atoms with Gasteiger partial charge in [0.1, 0.15) is 22.0 Å². The first-order valence-electron chi connectivity index (χ1n) is 6.02. The number of furan rings is 1. The van der Waals surface area contributed by atoms with Crippen molar-refractivity contribution in [2.75, 3.05) is 5.32 Å². The Balaban J connectivity index is 2.13. The molecule has 2 heterocycles. The van der Waals surface area contributed by atoms with Gasteiger partial charge in [0.25, 0.3) is 0 Å². The Labute approximate surface area is 115 Å². The van der Waals surface area contributed by atoms with Crippen LogP contribution in [-0.2, 0) is 6.42 Å². The molecule has 0 saturated heterocycles. The fraction of sp³-hybridized carbons (Fsp3) is 0.385. The van der Waals surface area contributed by atoms with Gasteiger partial charge in [-0.3, -0.25) is 0 Å². The predicted octanol–water partition coefficient (Wildman–Crippen LogP) is 3.96. The van der Waals surface area contributed by atoms with Crippen molar-refractivity contribution in [3.63, 3.8) is 0 Å². The molecule has 0 fully saturated rings. The molecule has 1 unspecified atom stereocenters. The van der Waals surface area contributed by atoms with Gasteiger partial charge in [0.2, 0.25) is 0 Å². The highest BCUT2D eigenvalue weighted by molar-refractivity contribution is 9.10. The minimum atomic E-state index is 0.0799. The first-order chi connectivity index (χ1) is 8.69. The standard InChI is InChI=1S/C13H16BrN3O/c1-3-5-12-16-11(14)8-13(17-12)15-9(2)10-6-4-7-18-10/h4,6-9H,3,5H2,1-2H3,(H,15,16,17). The number of hydrogen-bond acceptors (Lipinski definition) is 4. The zero-order valence-electron chi connectivity index (χ0n) is 10.5. The summed E-state index contributed by atoms with van der Waals surface area (Å²) < 4.78 is 6.16. The fourth-order valence-corrected chi connectivity index (χ4v) is 2.13. The Morgan fingerprint density at radius 3 is 2.94 bits per heavy atom. The molecule has 1 atom stereocenters. The van der Waals surface area contributed by atoms with Crippen LogP contribution in [0.15, 0.2) is 33.5 Å². The molecule has 96 valence electrons. The van der Waals surface area contributed by atoms with E-state index in [4.69, 9.17) is 4.42 Å². The van der Waals surface area contributed by atoms with Crippen molar-refractivity contribution in [2.24, 2.45) is 0 Å². The minimum Gasteiger partial charge on any atom is -0.467 e. The minimum absolute atomic E-state index is 0.0799. The van der Waals surface area contributed by atoms with Gasteiger partial charge in [-0.15, -0.1) is 0 Å². The van der Waals surface area contributed by atoms with Crippen LogP contribution in [0.25, 0.3) is 0 Å². The molecule has 0 aromatic carbocycles. The lowest BCUT2D eigenvalue weighted by Gasteiger charge is -2.13. The highest BCUT2D eigenvalue weighted by Gasteiger charge is 2.10. The van der Waals surface area contributed by atoms with Crippen molar-refractivity contribution in [3.05, 3.63) is 40.7 Å². The lowest BCUT2D eigenvalue weighted by atomic mass is 10.2. The molecule has 0 aliphatic heterocycles. The Hall–Kier alpha value is -1.36. The van der Waals surface area contributed by atoms with Crippen molar-refractivity contribution in [1.82, 2.24) is 9.97 Å². The lowest BCUT2D eigenvalue weighted by Crippen LogP contribution is -2.09. The topological polar surface area (TPSA) is 51.0 Å². The number of halogens is 1. The zero-order chi connectivity index (χ0) is 13.0. The number of nitrogens with one attached hydrogen (secondary N) is 1. The summed E-state index contributed by atoms with van der Waals surface area (Å²) in [6, 6.07) is 5.78. The number of anilines is 1. The summed E-state index contributed by atoms with van der Waals surface area (Å²) in [5.41, 5.74) is 0. The van der Waals surface area contributed by atoms with Gasteiger partial charge in [-0.05, 0) is 41.4 Å². The van der Waals surface area contributed by atoms with Crippen LogP contribution in [-0.4, -0.2) is 9.97 Å². The third-order valence-electron chi connectivity index (χ3n) is 2.55. The number of hydrogen-bond donors (Lipinski definition) is 1. The van der Waals surface area contributed by atoms with E-state index in [2.05, 4.69) is 38.1 Å². The molecular formula is C13H16BrN3O. The van der Waals surface area contributed by atoms with E-state index in [0.717, 1.165) is 34.8 Å². The third kappa shape index (κ3) is 3.32. The zero-order valence-corrected chi connectivity index (χ0v) is 12.1. The third-order valence-corrected chi connectivity index (χ3v) is 2.96. The summed E-state index contributed by atoms with van der Waals surface area (Å²) in [5.74, 6) is 2.55. The number of nitrogens with zero attached hydrogens (tertiary/aromatic N) is 2. The molecule has 5 heteroatoms. The van der Waals surface area contributed by atoms with Crippen LogP contribution in [0.3, 0.4) is 0 Å². The summed E-state index contributed by atoms with van der Waals surface area (Å²) in [7, 11) is 0. The van der Waals surface area contributed by atoms with Crippen molar-refractivity contribution in [1.29, 1.82) is 0 Å². The van der Waals surface area contributed by atoms with E-state index in [1.54, 1.807) is 6.26 Å².